The Bertz CT molecular complexity index is 1070. The summed E-state index contributed by atoms with van der Waals surface area (Å²) in [6, 6.07) is 18.6. The average molecular weight is 519 g/mol. The fourth-order valence-electron chi connectivity index (χ4n) is 7.33. The number of ether oxygens (including phenoxy) is 1. The molecule has 2 aromatic carbocycles. The number of phenolic OH excluding ortho intramolecular Hbond substituents is 1. The van der Waals surface area contributed by atoms with E-state index in [1.807, 2.05) is 31.2 Å². The molecule has 2 aromatic rings. The highest BCUT2D eigenvalue weighted by molar-refractivity contribution is 5.76. The van der Waals surface area contributed by atoms with Gasteiger partial charge in [0, 0.05) is 45.1 Å². The summed E-state index contributed by atoms with van der Waals surface area (Å²) in [5.41, 5.74) is 2.02. The molecule has 3 aliphatic rings. The fourth-order valence-corrected chi connectivity index (χ4v) is 7.33. The molecule has 3 atom stereocenters. The third-order valence-electron chi connectivity index (χ3n) is 9.81. The lowest BCUT2D eigenvalue weighted by Gasteiger charge is -2.60. The van der Waals surface area contributed by atoms with Crippen LogP contribution >= 0.6 is 0 Å². The van der Waals surface area contributed by atoms with E-state index in [2.05, 4.69) is 41.3 Å². The van der Waals surface area contributed by atoms with Crippen molar-refractivity contribution in [3.8, 4) is 5.75 Å². The summed E-state index contributed by atoms with van der Waals surface area (Å²) in [4.78, 5) is 18.0. The first kappa shape index (κ1) is 27.2. The summed E-state index contributed by atoms with van der Waals surface area (Å²) >= 11 is 0. The van der Waals surface area contributed by atoms with Crippen molar-refractivity contribution in [2.75, 3.05) is 33.8 Å². The monoisotopic (exact) mass is 518 g/mol. The maximum absolute atomic E-state index is 13.3. The Morgan fingerprint density at radius 1 is 1.05 bits per heavy atom. The van der Waals surface area contributed by atoms with Crippen LogP contribution in [0.25, 0.3) is 0 Å². The van der Waals surface area contributed by atoms with E-state index in [4.69, 9.17) is 4.74 Å². The van der Waals surface area contributed by atoms with E-state index < -0.39 is 0 Å². The predicted molar refractivity (Wildman–Crippen MR) is 152 cm³/mol. The lowest BCUT2D eigenvalue weighted by Crippen LogP contribution is -2.68. The van der Waals surface area contributed by atoms with Gasteiger partial charge in [-0.05, 0) is 93.5 Å². The number of benzene rings is 2. The van der Waals surface area contributed by atoms with Crippen molar-refractivity contribution in [3.63, 3.8) is 0 Å². The molecule has 0 unspecified atom stereocenters. The van der Waals surface area contributed by atoms with Gasteiger partial charge in [-0.15, -0.1) is 0 Å². The van der Waals surface area contributed by atoms with Crippen LogP contribution in [0.15, 0.2) is 54.6 Å². The van der Waals surface area contributed by atoms with E-state index in [0.29, 0.717) is 12.2 Å². The van der Waals surface area contributed by atoms with Gasteiger partial charge in [0.1, 0.15) is 5.75 Å². The molecule has 5 nitrogen and oxygen atoms in total. The van der Waals surface area contributed by atoms with Gasteiger partial charge in [-0.25, -0.2) is 0 Å². The second-order valence-corrected chi connectivity index (χ2v) is 12.2. The van der Waals surface area contributed by atoms with Gasteiger partial charge in [0.05, 0.1) is 5.60 Å². The molecule has 1 heterocycles. The predicted octanol–water partition coefficient (Wildman–Crippen LogP) is 5.94. The molecule has 1 aliphatic heterocycles. The van der Waals surface area contributed by atoms with Gasteiger partial charge in [0.25, 0.3) is 0 Å². The quantitative estimate of drug-likeness (QED) is 0.374. The summed E-state index contributed by atoms with van der Waals surface area (Å²) in [6.07, 6.45) is 11.3. The Morgan fingerprint density at radius 2 is 1.87 bits per heavy atom. The number of unbranched alkanes of at least 4 members (excludes halogenated alkanes) is 2. The largest absolute Gasteiger partial charge is 0.508 e. The van der Waals surface area contributed by atoms with Crippen molar-refractivity contribution in [2.24, 2.45) is 5.92 Å². The molecule has 2 aliphatic carbocycles. The van der Waals surface area contributed by atoms with E-state index in [-0.39, 0.29) is 23.0 Å². The Morgan fingerprint density at radius 3 is 2.61 bits per heavy atom. The minimum atomic E-state index is -0.300. The molecule has 5 rings (SSSR count). The average Bonchev–Trinajstić information content (AvgIpc) is 3.76. The van der Waals surface area contributed by atoms with E-state index in [0.717, 1.165) is 75.9 Å². The number of hydrogen-bond acceptors (Lipinski definition) is 4. The number of rotatable bonds is 11. The fraction of sp³-hybridized carbons (Fsp3) is 0.606. The number of phenols is 1. The third kappa shape index (κ3) is 5.79. The number of methoxy groups -OCH3 is 1. The lowest BCUT2D eigenvalue weighted by atomic mass is 9.55. The number of likely N-dealkylation sites (tertiary alicyclic amines) is 1. The maximum Gasteiger partial charge on any atom is 0.222 e. The van der Waals surface area contributed by atoms with Crippen LogP contribution in [-0.2, 0) is 21.4 Å². The van der Waals surface area contributed by atoms with Crippen LogP contribution in [0.4, 0.5) is 0 Å². The Labute approximate surface area is 229 Å². The molecule has 3 fully saturated rings. The molecule has 38 heavy (non-hydrogen) atoms. The normalized spacial score (nSPS) is 27.6. The molecule has 1 saturated heterocycles. The maximum atomic E-state index is 13.3. The van der Waals surface area contributed by atoms with Crippen LogP contribution in [-0.4, -0.2) is 66.2 Å². The molecule has 206 valence electrons. The van der Waals surface area contributed by atoms with E-state index in [1.54, 1.807) is 6.07 Å². The Hall–Kier alpha value is -2.37. The highest BCUT2D eigenvalue weighted by Crippen LogP contribution is 2.54. The van der Waals surface area contributed by atoms with Gasteiger partial charge in [0.15, 0.2) is 0 Å². The van der Waals surface area contributed by atoms with Crippen LogP contribution in [0.3, 0.4) is 0 Å². The third-order valence-corrected chi connectivity index (χ3v) is 9.81. The minimum Gasteiger partial charge on any atom is -0.508 e. The summed E-state index contributed by atoms with van der Waals surface area (Å²) in [5.74, 6) is 1.42. The summed E-state index contributed by atoms with van der Waals surface area (Å²) in [7, 11) is 3.89. The van der Waals surface area contributed by atoms with Gasteiger partial charge >= 0.3 is 0 Å². The zero-order chi connectivity index (χ0) is 26.6. The molecule has 1 N–H and O–H groups in total. The standard InChI is InChI=1S/C33H46N2O3/c1-34(31(37)15-8-4-7-12-26-10-5-3-6-11-26)29-18-19-33(38-2)25-35(24-27-16-17-27)21-20-32(33,23-29)28-13-9-14-30(36)22-28/h3,5-6,9-11,13-14,22,27,29,36H,4,7-8,12,15-21,23-25H2,1-2H3/t29-,32-,33-/m0/s1. The highest BCUT2D eigenvalue weighted by atomic mass is 16.5. The number of aryl methyl sites for hydroxylation is 1. The van der Waals surface area contributed by atoms with Gasteiger partial charge in [-0.1, -0.05) is 48.9 Å². The number of hydrogen-bond donors (Lipinski definition) is 1. The van der Waals surface area contributed by atoms with Gasteiger partial charge in [0.2, 0.25) is 5.91 Å². The van der Waals surface area contributed by atoms with Crippen LogP contribution in [0.1, 0.15) is 75.3 Å². The van der Waals surface area contributed by atoms with Crippen LogP contribution < -0.4 is 0 Å². The second-order valence-electron chi connectivity index (χ2n) is 12.2. The first-order valence-electron chi connectivity index (χ1n) is 14.8. The van der Waals surface area contributed by atoms with Crippen molar-refractivity contribution in [1.82, 2.24) is 9.80 Å². The zero-order valence-electron chi connectivity index (χ0n) is 23.4. The lowest BCUT2D eigenvalue weighted by molar-refractivity contribution is -0.160. The van der Waals surface area contributed by atoms with E-state index in [9.17, 15) is 9.90 Å². The number of carbonyl (C=O) groups excluding carboxylic acids is 1. The highest BCUT2D eigenvalue weighted by Gasteiger charge is 2.59. The van der Waals surface area contributed by atoms with E-state index in [1.165, 1.54) is 24.9 Å². The van der Waals surface area contributed by atoms with Crippen LogP contribution in [0.5, 0.6) is 5.75 Å². The van der Waals surface area contributed by atoms with Crippen molar-refractivity contribution < 1.29 is 14.6 Å². The molecular weight excluding hydrogens is 472 g/mol. The van der Waals surface area contributed by atoms with Gasteiger partial charge in [-0.2, -0.15) is 0 Å². The molecule has 0 aromatic heterocycles. The SMILES string of the molecule is CO[C@]12CC[C@H](N(C)C(=O)CCCCCc3ccccc3)C[C@]1(c1cccc(O)c1)CCN(CC1CC1)C2. The van der Waals surface area contributed by atoms with Gasteiger partial charge < -0.3 is 19.6 Å². The molecule has 0 spiro atoms. The zero-order valence-corrected chi connectivity index (χ0v) is 23.4. The number of piperidine rings is 1. The Kier molecular flexibility index (Phi) is 8.44. The first-order chi connectivity index (χ1) is 18.4. The number of carbonyl (C=O) groups is 1. The smallest absolute Gasteiger partial charge is 0.222 e. The van der Waals surface area contributed by atoms with Crippen molar-refractivity contribution in [2.45, 2.75) is 87.7 Å². The van der Waals surface area contributed by atoms with E-state index >= 15 is 0 Å². The van der Waals surface area contributed by atoms with Crippen molar-refractivity contribution in [3.05, 3.63) is 65.7 Å². The number of amides is 1. The molecule has 5 heteroatoms. The Balaban J connectivity index is 1.25. The number of aromatic hydroxyl groups is 1. The second kappa shape index (κ2) is 11.8. The van der Waals surface area contributed by atoms with Crippen molar-refractivity contribution in [1.29, 1.82) is 0 Å². The van der Waals surface area contributed by atoms with Crippen LogP contribution in [0.2, 0.25) is 0 Å². The number of fused-ring (bicyclic) bond motifs is 1. The topological polar surface area (TPSA) is 53.0 Å². The van der Waals surface area contributed by atoms with Crippen LogP contribution in [0, 0.1) is 5.92 Å². The summed E-state index contributed by atoms with van der Waals surface area (Å²) in [5, 5.41) is 10.4. The molecule has 0 radical (unpaired) electrons. The van der Waals surface area contributed by atoms with Gasteiger partial charge in [-0.3, -0.25) is 4.79 Å². The van der Waals surface area contributed by atoms with Crippen molar-refractivity contribution >= 4 is 5.91 Å². The summed E-state index contributed by atoms with van der Waals surface area (Å²) in [6.45, 7) is 3.15. The number of nitrogens with zero attached hydrogens (tertiary/aromatic N) is 2. The first-order valence-corrected chi connectivity index (χ1v) is 14.8. The summed E-state index contributed by atoms with van der Waals surface area (Å²) < 4.78 is 6.50. The molecule has 0 bridgehead atoms. The minimum absolute atomic E-state index is 0.187. The molecular formula is C33H46N2O3. The molecule has 2 saturated carbocycles. The molecule has 1 amide bonds.